The van der Waals surface area contributed by atoms with E-state index in [4.69, 9.17) is 13.9 Å². The third kappa shape index (κ3) is 2.12. The summed E-state index contributed by atoms with van der Waals surface area (Å²) in [6.45, 7) is 1.94. The number of amides is 1. The number of hydrogen-bond donors (Lipinski definition) is 1. The topological polar surface area (TPSA) is 73.6 Å². The van der Waals surface area contributed by atoms with Crippen molar-refractivity contribution in [1.82, 2.24) is 4.98 Å². The summed E-state index contributed by atoms with van der Waals surface area (Å²) in [7, 11) is 0. The molecule has 2 aromatic rings. The van der Waals surface area contributed by atoms with Crippen LogP contribution in [0.2, 0.25) is 0 Å². The second kappa shape index (κ2) is 4.51. The molecule has 6 heteroatoms. The summed E-state index contributed by atoms with van der Waals surface area (Å²) in [5.74, 6) is 2.15. The fraction of sp³-hybridized carbons (Fsp3) is 0.333. The number of fused-ring (bicyclic) bond motifs is 1. The Hall–Kier alpha value is -2.50. The molecule has 1 aromatic carbocycles. The van der Waals surface area contributed by atoms with Crippen molar-refractivity contribution in [2.45, 2.75) is 25.7 Å². The maximum atomic E-state index is 12.3. The minimum absolute atomic E-state index is 0.162. The number of ether oxygens (including phenoxy) is 2. The lowest BCUT2D eigenvalue weighted by molar-refractivity contribution is 0.0993. The van der Waals surface area contributed by atoms with Gasteiger partial charge in [-0.05, 0) is 31.9 Å². The number of aromatic nitrogens is 1. The number of nitrogens with one attached hydrogen (secondary N) is 1. The highest BCUT2D eigenvalue weighted by Gasteiger charge is 2.31. The van der Waals surface area contributed by atoms with Gasteiger partial charge in [0.05, 0.1) is 11.4 Å². The van der Waals surface area contributed by atoms with Crippen LogP contribution in [0.15, 0.2) is 22.6 Å². The van der Waals surface area contributed by atoms with E-state index in [1.54, 1.807) is 25.1 Å². The minimum Gasteiger partial charge on any atom is -0.454 e. The molecule has 1 aliphatic carbocycles. The molecule has 2 aliphatic rings. The van der Waals surface area contributed by atoms with Crippen molar-refractivity contribution in [3.63, 3.8) is 0 Å². The van der Waals surface area contributed by atoms with Gasteiger partial charge in [0.2, 0.25) is 12.6 Å². The van der Waals surface area contributed by atoms with E-state index in [1.165, 1.54) is 0 Å². The van der Waals surface area contributed by atoms with E-state index >= 15 is 0 Å². The van der Waals surface area contributed by atoms with Crippen LogP contribution in [-0.2, 0) is 0 Å². The smallest absolute Gasteiger partial charge is 0.293 e. The molecule has 0 bridgehead atoms. The highest BCUT2D eigenvalue weighted by molar-refractivity contribution is 6.04. The van der Waals surface area contributed by atoms with Gasteiger partial charge >= 0.3 is 0 Å². The number of carbonyl (C=O) groups excluding carboxylic acids is 1. The molecule has 108 valence electrons. The van der Waals surface area contributed by atoms with Gasteiger partial charge in [-0.3, -0.25) is 4.79 Å². The molecule has 1 aromatic heterocycles. The molecule has 1 fully saturated rings. The molecule has 1 aliphatic heterocycles. The monoisotopic (exact) mass is 286 g/mol. The lowest BCUT2D eigenvalue weighted by Gasteiger charge is -2.06. The van der Waals surface area contributed by atoms with Gasteiger partial charge in [0, 0.05) is 5.92 Å². The molecule has 4 rings (SSSR count). The largest absolute Gasteiger partial charge is 0.454 e. The van der Waals surface area contributed by atoms with Gasteiger partial charge in [-0.2, -0.15) is 0 Å². The van der Waals surface area contributed by atoms with Crippen LogP contribution in [0, 0.1) is 6.92 Å². The van der Waals surface area contributed by atoms with E-state index in [0.29, 0.717) is 34.7 Å². The lowest BCUT2D eigenvalue weighted by Crippen LogP contribution is -2.12. The Morgan fingerprint density at radius 3 is 3.00 bits per heavy atom. The second-order valence-electron chi connectivity index (χ2n) is 5.23. The first-order valence-electron chi connectivity index (χ1n) is 6.89. The van der Waals surface area contributed by atoms with E-state index in [-0.39, 0.29) is 18.5 Å². The summed E-state index contributed by atoms with van der Waals surface area (Å²) in [6, 6.07) is 5.35. The van der Waals surface area contributed by atoms with Crippen LogP contribution < -0.4 is 14.8 Å². The molecule has 21 heavy (non-hydrogen) atoms. The molecule has 1 N–H and O–H groups in total. The number of carbonyl (C=O) groups is 1. The normalized spacial score (nSPS) is 16.0. The molecular formula is C15H14N2O4. The Balaban J connectivity index is 1.60. The zero-order chi connectivity index (χ0) is 14.4. The average Bonchev–Trinajstić information content (AvgIpc) is 3.07. The van der Waals surface area contributed by atoms with Crippen LogP contribution in [0.4, 0.5) is 5.69 Å². The minimum atomic E-state index is -0.323. The lowest BCUT2D eigenvalue weighted by atomic mass is 10.2. The number of nitrogens with zero attached hydrogens (tertiary/aromatic N) is 1. The van der Waals surface area contributed by atoms with Gasteiger partial charge in [0.1, 0.15) is 0 Å². The zero-order valence-corrected chi connectivity index (χ0v) is 11.5. The van der Waals surface area contributed by atoms with Crippen molar-refractivity contribution in [2.24, 2.45) is 0 Å². The number of rotatable bonds is 3. The fourth-order valence-corrected chi connectivity index (χ4v) is 2.34. The average molecular weight is 286 g/mol. The van der Waals surface area contributed by atoms with Gasteiger partial charge in [0.15, 0.2) is 17.4 Å². The van der Waals surface area contributed by atoms with E-state index < -0.39 is 0 Å². The van der Waals surface area contributed by atoms with E-state index in [9.17, 15) is 4.79 Å². The van der Waals surface area contributed by atoms with Crippen molar-refractivity contribution in [1.29, 1.82) is 0 Å². The molecule has 0 atom stereocenters. The number of oxazole rings is 1. The van der Waals surface area contributed by atoms with E-state index in [2.05, 4.69) is 10.3 Å². The number of para-hydroxylation sites is 1. The van der Waals surface area contributed by atoms with Crippen LogP contribution in [0.3, 0.4) is 0 Å². The number of hydrogen-bond acceptors (Lipinski definition) is 5. The number of benzene rings is 1. The highest BCUT2D eigenvalue weighted by atomic mass is 16.7. The van der Waals surface area contributed by atoms with Crippen LogP contribution in [0.5, 0.6) is 11.5 Å². The summed E-state index contributed by atoms with van der Waals surface area (Å²) < 4.78 is 16.2. The predicted molar refractivity (Wildman–Crippen MR) is 73.7 cm³/mol. The highest BCUT2D eigenvalue weighted by Crippen LogP contribution is 2.41. The van der Waals surface area contributed by atoms with Crippen molar-refractivity contribution in [2.75, 3.05) is 12.1 Å². The van der Waals surface area contributed by atoms with Crippen LogP contribution in [-0.4, -0.2) is 17.7 Å². The number of aryl methyl sites for hydroxylation is 1. The summed E-state index contributed by atoms with van der Waals surface area (Å²) in [5.41, 5.74) is 1.18. The predicted octanol–water partition coefficient (Wildman–Crippen LogP) is 2.84. The van der Waals surface area contributed by atoms with Gasteiger partial charge in [-0.1, -0.05) is 6.07 Å². The molecule has 6 nitrogen and oxygen atoms in total. The van der Waals surface area contributed by atoms with Crippen molar-refractivity contribution < 1.29 is 18.7 Å². The second-order valence-corrected chi connectivity index (χ2v) is 5.23. The molecule has 0 spiro atoms. The van der Waals surface area contributed by atoms with E-state index in [1.807, 2.05) is 0 Å². The third-order valence-corrected chi connectivity index (χ3v) is 3.59. The summed E-state index contributed by atoms with van der Waals surface area (Å²) in [6.07, 6.45) is 2.16. The summed E-state index contributed by atoms with van der Waals surface area (Å²) >= 11 is 0. The Labute approximate surface area is 121 Å². The first kappa shape index (κ1) is 12.3. The van der Waals surface area contributed by atoms with Crippen molar-refractivity contribution in [3.8, 4) is 11.5 Å². The van der Waals surface area contributed by atoms with Gasteiger partial charge < -0.3 is 19.2 Å². The van der Waals surface area contributed by atoms with Gasteiger partial charge in [0.25, 0.3) is 5.91 Å². The summed E-state index contributed by atoms with van der Waals surface area (Å²) in [4.78, 5) is 16.7. The molecule has 0 radical (unpaired) electrons. The maximum absolute atomic E-state index is 12.3. The first-order chi connectivity index (χ1) is 10.2. The number of anilines is 1. The fourth-order valence-electron chi connectivity index (χ4n) is 2.34. The zero-order valence-electron chi connectivity index (χ0n) is 11.5. The van der Waals surface area contributed by atoms with Crippen LogP contribution >= 0.6 is 0 Å². The van der Waals surface area contributed by atoms with Gasteiger partial charge in [-0.15, -0.1) is 0 Å². The maximum Gasteiger partial charge on any atom is 0.293 e. The third-order valence-electron chi connectivity index (χ3n) is 3.59. The molecular weight excluding hydrogens is 272 g/mol. The first-order valence-corrected chi connectivity index (χ1v) is 6.89. The SMILES string of the molecule is Cc1nc(C2CC2)oc1C(=O)Nc1cccc2c1OCO2. The molecule has 1 saturated carbocycles. The Morgan fingerprint density at radius 2 is 2.19 bits per heavy atom. The quantitative estimate of drug-likeness (QED) is 0.939. The molecule has 1 amide bonds. The molecule has 0 unspecified atom stereocenters. The van der Waals surface area contributed by atoms with Crippen molar-refractivity contribution >= 4 is 11.6 Å². The summed E-state index contributed by atoms with van der Waals surface area (Å²) in [5, 5.41) is 2.79. The Morgan fingerprint density at radius 1 is 1.33 bits per heavy atom. The van der Waals surface area contributed by atoms with Crippen LogP contribution in [0.25, 0.3) is 0 Å². The Kier molecular flexibility index (Phi) is 2.63. The Bertz CT molecular complexity index is 718. The molecule has 2 heterocycles. The standard InChI is InChI=1S/C15H14N2O4/c1-8-12(21-15(16-8)9-5-6-9)14(18)17-10-3-2-4-11-13(10)20-7-19-11/h2-4,9H,5-7H2,1H3,(H,17,18). The van der Waals surface area contributed by atoms with Gasteiger partial charge in [-0.25, -0.2) is 4.98 Å². The molecule has 0 saturated heterocycles. The van der Waals surface area contributed by atoms with Crippen LogP contribution in [0.1, 0.15) is 40.9 Å². The van der Waals surface area contributed by atoms with E-state index in [0.717, 1.165) is 12.8 Å². The van der Waals surface area contributed by atoms with Crippen molar-refractivity contribution in [3.05, 3.63) is 35.5 Å².